The van der Waals surface area contributed by atoms with E-state index in [1.54, 1.807) is 6.92 Å². The van der Waals surface area contributed by atoms with Crippen molar-refractivity contribution in [3.05, 3.63) is 35.9 Å². The van der Waals surface area contributed by atoms with Gasteiger partial charge in [-0.15, -0.1) is 0 Å². The van der Waals surface area contributed by atoms with E-state index in [0.29, 0.717) is 12.0 Å². The van der Waals surface area contributed by atoms with Crippen LogP contribution in [0.2, 0.25) is 0 Å². The molecule has 3 nitrogen and oxygen atoms in total. The van der Waals surface area contributed by atoms with E-state index in [4.69, 9.17) is 5.11 Å². The third-order valence-electron chi connectivity index (χ3n) is 4.48. The molecule has 20 heavy (non-hydrogen) atoms. The van der Waals surface area contributed by atoms with Crippen LogP contribution in [0.3, 0.4) is 0 Å². The van der Waals surface area contributed by atoms with E-state index < -0.39 is 5.97 Å². The van der Waals surface area contributed by atoms with Crippen molar-refractivity contribution in [2.75, 3.05) is 13.1 Å². The van der Waals surface area contributed by atoms with Crippen LogP contribution >= 0.6 is 0 Å². The first kappa shape index (κ1) is 15.0. The third kappa shape index (κ3) is 3.83. The zero-order chi connectivity index (χ0) is 14.5. The minimum atomic E-state index is -0.675. The standard InChI is InChI=1S/C17H25NO2/c1-13(17(19)20)7-6-8-14(2)18-11-16(12-18)15-9-4-3-5-10-15/h3-5,9-10,13-14,16H,6-8,11-12H2,1-2H3,(H,19,20). The SMILES string of the molecule is CC(CCCC(C)N1CC(c2ccccc2)C1)C(=O)O. The lowest BCUT2D eigenvalue weighted by molar-refractivity contribution is -0.141. The fourth-order valence-electron chi connectivity index (χ4n) is 2.83. The first-order chi connectivity index (χ1) is 9.58. The van der Waals surface area contributed by atoms with Crippen molar-refractivity contribution in [3.63, 3.8) is 0 Å². The number of nitrogens with zero attached hydrogens (tertiary/aromatic N) is 1. The topological polar surface area (TPSA) is 40.5 Å². The molecule has 0 radical (unpaired) electrons. The summed E-state index contributed by atoms with van der Waals surface area (Å²) in [6.07, 6.45) is 2.88. The second kappa shape index (κ2) is 6.89. The molecule has 1 aromatic carbocycles. The molecule has 1 fully saturated rings. The van der Waals surface area contributed by atoms with E-state index in [9.17, 15) is 4.79 Å². The second-order valence-electron chi connectivity index (χ2n) is 6.08. The van der Waals surface area contributed by atoms with E-state index in [1.165, 1.54) is 5.56 Å². The van der Waals surface area contributed by atoms with E-state index in [0.717, 1.165) is 32.4 Å². The van der Waals surface area contributed by atoms with E-state index in [2.05, 4.69) is 42.2 Å². The zero-order valence-corrected chi connectivity index (χ0v) is 12.5. The number of likely N-dealkylation sites (tertiary alicyclic amines) is 1. The fourth-order valence-corrected chi connectivity index (χ4v) is 2.83. The molecular formula is C17H25NO2. The largest absolute Gasteiger partial charge is 0.481 e. The molecule has 2 atom stereocenters. The van der Waals surface area contributed by atoms with Gasteiger partial charge in [-0.3, -0.25) is 9.69 Å². The Labute approximate surface area is 121 Å². The summed E-state index contributed by atoms with van der Waals surface area (Å²) in [5.74, 6) is -0.210. The average Bonchev–Trinajstić information content (AvgIpc) is 2.38. The van der Waals surface area contributed by atoms with Gasteiger partial charge in [0.05, 0.1) is 5.92 Å². The van der Waals surface area contributed by atoms with Crippen LogP contribution in [0.4, 0.5) is 0 Å². The van der Waals surface area contributed by atoms with Crippen LogP contribution in [0.15, 0.2) is 30.3 Å². The van der Waals surface area contributed by atoms with Gasteiger partial charge < -0.3 is 5.11 Å². The van der Waals surface area contributed by atoms with Gasteiger partial charge in [0.15, 0.2) is 0 Å². The Morgan fingerprint density at radius 2 is 1.90 bits per heavy atom. The molecule has 1 saturated heterocycles. The molecule has 3 heteroatoms. The quantitative estimate of drug-likeness (QED) is 0.829. The van der Waals surface area contributed by atoms with Crippen molar-refractivity contribution in [1.82, 2.24) is 4.90 Å². The molecular weight excluding hydrogens is 250 g/mol. The van der Waals surface area contributed by atoms with Gasteiger partial charge in [0.1, 0.15) is 0 Å². The molecule has 0 aliphatic carbocycles. The number of aliphatic carboxylic acids is 1. The molecule has 0 amide bonds. The molecule has 1 N–H and O–H groups in total. The van der Waals surface area contributed by atoms with Crippen molar-refractivity contribution < 1.29 is 9.90 Å². The molecule has 2 rings (SSSR count). The molecule has 0 saturated carbocycles. The maximum absolute atomic E-state index is 10.8. The maximum atomic E-state index is 10.8. The summed E-state index contributed by atoms with van der Waals surface area (Å²) in [5.41, 5.74) is 1.44. The molecule has 110 valence electrons. The lowest BCUT2D eigenvalue weighted by atomic mass is 9.89. The summed E-state index contributed by atoms with van der Waals surface area (Å²) in [7, 11) is 0. The molecule has 1 heterocycles. The molecule has 0 aromatic heterocycles. The highest BCUT2D eigenvalue weighted by molar-refractivity contribution is 5.69. The Balaban J connectivity index is 1.66. The Bertz CT molecular complexity index is 426. The summed E-state index contributed by atoms with van der Waals surface area (Å²) >= 11 is 0. The lowest BCUT2D eigenvalue weighted by Crippen LogP contribution is -2.49. The number of hydrogen-bond donors (Lipinski definition) is 1. The van der Waals surface area contributed by atoms with Gasteiger partial charge in [0.2, 0.25) is 0 Å². The van der Waals surface area contributed by atoms with Crippen molar-refractivity contribution >= 4 is 5.97 Å². The molecule has 1 aromatic rings. The van der Waals surface area contributed by atoms with Crippen LogP contribution in [0.25, 0.3) is 0 Å². The summed E-state index contributed by atoms with van der Waals surface area (Å²) in [6.45, 7) is 6.33. The molecule has 1 aliphatic heterocycles. The zero-order valence-electron chi connectivity index (χ0n) is 12.5. The molecule has 0 spiro atoms. The number of carboxylic acids is 1. The normalized spacial score (nSPS) is 19.3. The Kier molecular flexibility index (Phi) is 5.18. The van der Waals surface area contributed by atoms with Gasteiger partial charge in [0.25, 0.3) is 0 Å². The van der Waals surface area contributed by atoms with Crippen LogP contribution in [0.5, 0.6) is 0 Å². The van der Waals surface area contributed by atoms with Gasteiger partial charge in [-0.2, -0.15) is 0 Å². The number of carbonyl (C=O) groups is 1. The molecule has 0 bridgehead atoms. The predicted molar refractivity (Wildman–Crippen MR) is 80.9 cm³/mol. The maximum Gasteiger partial charge on any atom is 0.306 e. The smallest absolute Gasteiger partial charge is 0.306 e. The van der Waals surface area contributed by atoms with Gasteiger partial charge in [0, 0.05) is 25.0 Å². The van der Waals surface area contributed by atoms with Gasteiger partial charge in [-0.1, -0.05) is 43.7 Å². The third-order valence-corrected chi connectivity index (χ3v) is 4.48. The Hall–Kier alpha value is -1.35. The highest BCUT2D eigenvalue weighted by Crippen LogP contribution is 2.29. The first-order valence-electron chi connectivity index (χ1n) is 7.59. The average molecular weight is 275 g/mol. The summed E-state index contributed by atoms with van der Waals surface area (Å²) in [6, 6.07) is 11.3. The van der Waals surface area contributed by atoms with E-state index >= 15 is 0 Å². The fraction of sp³-hybridized carbons (Fsp3) is 0.588. The molecule has 2 unspecified atom stereocenters. The minimum absolute atomic E-state index is 0.212. The first-order valence-corrected chi connectivity index (χ1v) is 7.59. The highest BCUT2D eigenvalue weighted by Gasteiger charge is 2.30. The van der Waals surface area contributed by atoms with Crippen molar-refractivity contribution in [1.29, 1.82) is 0 Å². The van der Waals surface area contributed by atoms with E-state index in [-0.39, 0.29) is 5.92 Å². The number of rotatable bonds is 7. The van der Waals surface area contributed by atoms with Crippen LogP contribution in [-0.2, 0) is 4.79 Å². The Morgan fingerprint density at radius 3 is 2.50 bits per heavy atom. The monoisotopic (exact) mass is 275 g/mol. The summed E-state index contributed by atoms with van der Waals surface area (Å²) in [5, 5.41) is 8.86. The highest BCUT2D eigenvalue weighted by atomic mass is 16.4. The van der Waals surface area contributed by atoms with E-state index in [1.807, 2.05) is 0 Å². The number of benzene rings is 1. The van der Waals surface area contributed by atoms with Crippen LogP contribution < -0.4 is 0 Å². The van der Waals surface area contributed by atoms with Gasteiger partial charge in [-0.25, -0.2) is 0 Å². The van der Waals surface area contributed by atoms with Crippen molar-refractivity contribution in [2.24, 2.45) is 5.92 Å². The minimum Gasteiger partial charge on any atom is -0.481 e. The van der Waals surface area contributed by atoms with Crippen molar-refractivity contribution in [3.8, 4) is 0 Å². The van der Waals surface area contributed by atoms with Gasteiger partial charge in [-0.05, 0) is 25.3 Å². The second-order valence-corrected chi connectivity index (χ2v) is 6.08. The van der Waals surface area contributed by atoms with Crippen molar-refractivity contribution in [2.45, 2.75) is 45.1 Å². The van der Waals surface area contributed by atoms with Crippen LogP contribution in [-0.4, -0.2) is 35.1 Å². The molecule has 1 aliphatic rings. The summed E-state index contributed by atoms with van der Waals surface area (Å²) < 4.78 is 0. The van der Waals surface area contributed by atoms with Crippen LogP contribution in [0, 0.1) is 5.92 Å². The van der Waals surface area contributed by atoms with Gasteiger partial charge >= 0.3 is 5.97 Å². The summed E-state index contributed by atoms with van der Waals surface area (Å²) in [4.78, 5) is 13.3. The Morgan fingerprint density at radius 1 is 1.25 bits per heavy atom. The van der Waals surface area contributed by atoms with Crippen LogP contribution in [0.1, 0.15) is 44.6 Å². The number of carboxylic acid groups (broad SMARTS) is 1. The predicted octanol–water partition coefficient (Wildman–Crippen LogP) is 3.37. The lowest BCUT2D eigenvalue weighted by Gasteiger charge is -2.43. The number of hydrogen-bond acceptors (Lipinski definition) is 2.